The van der Waals surface area contributed by atoms with Gasteiger partial charge in [-0.25, -0.2) is 0 Å². The third-order valence-electron chi connectivity index (χ3n) is 2.91. The Morgan fingerprint density at radius 1 is 1.09 bits per heavy atom. The fraction of sp³-hybridized carbons (Fsp3) is 0.692. The Morgan fingerprint density at radius 3 is 2.09 bits per heavy atom. The van der Waals surface area contributed by atoms with Crippen LogP contribution < -0.4 is 0 Å². The van der Waals surface area contributed by atoms with Crippen LogP contribution in [0.4, 0.5) is 0 Å². The standard InChI is InChI=1S/C13H19NO7S/c1-7(15)18-5-10-11(19-8(2)16)12(20-9(3)17)13(21-10)14(4)6-22/h6,10-13H,5H2,1-4H3/t10-,11?,12+,13-/m1/s1. The van der Waals surface area contributed by atoms with E-state index in [1.165, 1.54) is 31.2 Å². The van der Waals surface area contributed by atoms with E-state index in [0.717, 1.165) is 0 Å². The van der Waals surface area contributed by atoms with Crippen LogP contribution in [-0.2, 0) is 33.3 Å². The predicted molar refractivity (Wildman–Crippen MR) is 77.8 cm³/mol. The van der Waals surface area contributed by atoms with Crippen molar-refractivity contribution in [3.05, 3.63) is 0 Å². The highest BCUT2D eigenvalue weighted by Gasteiger charge is 2.50. The topological polar surface area (TPSA) is 91.4 Å². The summed E-state index contributed by atoms with van der Waals surface area (Å²) in [5.41, 5.74) is 1.32. The lowest BCUT2D eigenvalue weighted by molar-refractivity contribution is -0.166. The molecule has 8 nitrogen and oxygen atoms in total. The molecule has 1 saturated heterocycles. The minimum Gasteiger partial charge on any atom is -0.463 e. The number of nitrogens with zero attached hydrogens (tertiary/aromatic N) is 1. The summed E-state index contributed by atoms with van der Waals surface area (Å²) >= 11 is 4.84. The number of ether oxygens (including phenoxy) is 4. The van der Waals surface area contributed by atoms with Crippen LogP contribution in [0.25, 0.3) is 0 Å². The molecule has 1 aliphatic heterocycles. The average molecular weight is 333 g/mol. The Bertz CT molecular complexity index is 456. The first kappa shape index (κ1) is 18.3. The first-order valence-corrected chi connectivity index (χ1v) is 7.04. The monoisotopic (exact) mass is 333 g/mol. The van der Waals surface area contributed by atoms with Crippen molar-refractivity contribution in [1.82, 2.24) is 4.90 Å². The second-order valence-corrected chi connectivity index (χ2v) is 5.00. The Kier molecular flexibility index (Phi) is 6.69. The first-order chi connectivity index (χ1) is 10.3. The maximum atomic E-state index is 11.3. The fourth-order valence-corrected chi connectivity index (χ4v) is 2.20. The molecule has 22 heavy (non-hydrogen) atoms. The molecule has 1 unspecified atom stereocenters. The third-order valence-corrected chi connectivity index (χ3v) is 3.24. The predicted octanol–water partition coefficient (Wildman–Crippen LogP) is 0.0268. The van der Waals surface area contributed by atoms with Crippen LogP contribution in [0.5, 0.6) is 0 Å². The molecule has 1 aliphatic rings. The van der Waals surface area contributed by atoms with E-state index >= 15 is 0 Å². The number of carbonyl (C=O) groups is 3. The van der Waals surface area contributed by atoms with E-state index in [9.17, 15) is 14.4 Å². The minimum absolute atomic E-state index is 0.132. The highest BCUT2D eigenvalue weighted by Crippen LogP contribution is 2.28. The van der Waals surface area contributed by atoms with Gasteiger partial charge < -0.3 is 23.8 Å². The number of likely N-dealkylation sites (N-methyl/N-ethyl adjacent to an activating group) is 1. The molecule has 4 atom stereocenters. The molecule has 0 N–H and O–H groups in total. The van der Waals surface area contributed by atoms with Crippen molar-refractivity contribution in [2.75, 3.05) is 13.7 Å². The largest absolute Gasteiger partial charge is 0.463 e. The van der Waals surface area contributed by atoms with Gasteiger partial charge in [0.2, 0.25) is 0 Å². The van der Waals surface area contributed by atoms with Gasteiger partial charge in [-0.15, -0.1) is 0 Å². The van der Waals surface area contributed by atoms with Gasteiger partial charge in [-0.2, -0.15) is 0 Å². The Labute approximate surface area is 133 Å². The molecule has 1 heterocycles. The molecule has 0 aromatic carbocycles. The van der Waals surface area contributed by atoms with E-state index in [0.29, 0.717) is 0 Å². The van der Waals surface area contributed by atoms with Gasteiger partial charge in [0.15, 0.2) is 18.4 Å². The van der Waals surface area contributed by atoms with Gasteiger partial charge in [0.1, 0.15) is 12.7 Å². The maximum Gasteiger partial charge on any atom is 0.303 e. The zero-order chi connectivity index (χ0) is 16.9. The zero-order valence-electron chi connectivity index (χ0n) is 12.8. The zero-order valence-corrected chi connectivity index (χ0v) is 13.6. The van der Waals surface area contributed by atoms with E-state index in [4.69, 9.17) is 31.2 Å². The van der Waals surface area contributed by atoms with Crippen LogP contribution >= 0.6 is 12.2 Å². The van der Waals surface area contributed by atoms with Gasteiger partial charge in [-0.05, 0) is 0 Å². The van der Waals surface area contributed by atoms with Gasteiger partial charge in [0, 0.05) is 27.8 Å². The van der Waals surface area contributed by atoms with Crippen molar-refractivity contribution in [1.29, 1.82) is 0 Å². The number of thiocarbonyl (C=S) groups is 1. The summed E-state index contributed by atoms with van der Waals surface area (Å²) in [7, 11) is 1.63. The summed E-state index contributed by atoms with van der Waals surface area (Å²) < 4.78 is 21.0. The van der Waals surface area contributed by atoms with Crippen molar-refractivity contribution in [3.8, 4) is 0 Å². The van der Waals surface area contributed by atoms with Gasteiger partial charge in [0.05, 0.1) is 5.49 Å². The van der Waals surface area contributed by atoms with Crippen LogP contribution in [0.2, 0.25) is 0 Å². The molecule has 0 spiro atoms. The van der Waals surface area contributed by atoms with E-state index in [2.05, 4.69) is 0 Å². The van der Waals surface area contributed by atoms with Crippen molar-refractivity contribution in [2.24, 2.45) is 0 Å². The molecule has 1 fully saturated rings. The summed E-state index contributed by atoms with van der Waals surface area (Å²) in [6, 6.07) is 0. The van der Waals surface area contributed by atoms with E-state index in [1.54, 1.807) is 7.05 Å². The molecular weight excluding hydrogens is 314 g/mol. The smallest absolute Gasteiger partial charge is 0.303 e. The SMILES string of the molecule is CC(=O)OC[C@H]1O[C@@H](N(C)C=S)[C@@H](OC(C)=O)C1OC(C)=O. The minimum atomic E-state index is -0.900. The van der Waals surface area contributed by atoms with Crippen molar-refractivity contribution >= 4 is 35.6 Å². The molecule has 0 saturated carbocycles. The van der Waals surface area contributed by atoms with Crippen LogP contribution in [-0.4, -0.2) is 66.5 Å². The van der Waals surface area contributed by atoms with E-state index in [1.807, 2.05) is 0 Å². The first-order valence-electron chi connectivity index (χ1n) is 6.56. The number of hydrogen-bond donors (Lipinski definition) is 0. The van der Waals surface area contributed by atoms with Gasteiger partial charge in [-0.1, -0.05) is 12.2 Å². The van der Waals surface area contributed by atoms with E-state index in [-0.39, 0.29) is 6.61 Å². The van der Waals surface area contributed by atoms with Crippen LogP contribution in [0.3, 0.4) is 0 Å². The molecule has 0 bridgehead atoms. The summed E-state index contributed by atoms with van der Waals surface area (Å²) in [6.07, 6.45) is -3.29. The Hall–Kier alpha value is -1.74. The summed E-state index contributed by atoms with van der Waals surface area (Å²) in [6.45, 7) is 3.58. The Balaban J connectivity index is 2.99. The quantitative estimate of drug-likeness (QED) is 0.379. The number of hydrogen-bond acceptors (Lipinski definition) is 8. The summed E-state index contributed by atoms with van der Waals surface area (Å²) in [4.78, 5) is 35.1. The lowest BCUT2D eigenvalue weighted by Gasteiger charge is -2.27. The lowest BCUT2D eigenvalue weighted by atomic mass is 10.1. The summed E-state index contributed by atoms with van der Waals surface area (Å²) in [5.74, 6) is -1.62. The van der Waals surface area contributed by atoms with E-state index < -0.39 is 42.4 Å². The molecule has 1 rings (SSSR count). The third kappa shape index (κ3) is 4.92. The molecular formula is C13H19NO7S. The molecule has 0 amide bonds. The average Bonchev–Trinajstić information content (AvgIpc) is 2.73. The highest BCUT2D eigenvalue weighted by atomic mass is 32.1. The molecule has 9 heteroatoms. The van der Waals surface area contributed by atoms with Crippen molar-refractivity contribution in [2.45, 2.75) is 45.3 Å². The summed E-state index contributed by atoms with van der Waals surface area (Å²) in [5, 5.41) is 0. The van der Waals surface area contributed by atoms with Crippen molar-refractivity contribution in [3.63, 3.8) is 0 Å². The molecule has 0 radical (unpaired) electrons. The number of rotatable bonds is 6. The maximum absolute atomic E-state index is 11.3. The lowest BCUT2D eigenvalue weighted by Crippen LogP contribution is -2.45. The second-order valence-electron chi connectivity index (χ2n) is 4.79. The highest BCUT2D eigenvalue weighted by molar-refractivity contribution is 7.78. The molecule has 0 aromatic heterocycles. The molecule has 0 aromatic rings. The molecule has 0 aliphatic carbocycles. The second kappa shape index (κ2) is 8.04. The fourth-order valence-electron chi connectivity index (χ4n) is 2.08. The van der Waals surface area contributed by atoms with Gasteiger partial charge in [0.25, 0.3) is 0 Å². The van der Waals surface area contributed by atoms with Crippen molar-refractivity contribution < 1.29 is 33.3 Å². The van der Waals surface area contributed by atoms with Crippen LogP contribution in [0.1, 0.15) is 20.8 Å². The molecule has 124 valence electrons. The van der Waals surface area contributed by atoms with Crippen LogP contribution in [0, 0.1) is 0 Å². The van der Waals surface area contributed by atoms with Crippen LogP contribution in [0.15, 0.2) is 0 Å². The number of carbonyl (C=O) groups excluding carboxylic acids is 3. The Morgan fingerprint density at radius 2 is 1.64 bits per heavy atom. The van der Waals surface area contributed by atoms with Gasteiger partial charge >= 0.3 is 17.9 Å². The normalized spacial score (nSPS) is 26.9. The van der Waals surface area contributed by atoms with Gasteiger partial charge in [-0.3, -0.25) is 14.4 Å². The number of esters is 3.